The van der Waals surface area contributed by atoms with Crippen molar-refractivity contribution in [3.05, 3.63) is 74.3 Å². The summed E-state index contributed by atoms with van der Waals surface area (Å²) in [4.78, 5) is 39.4. The molecule has 1 amide bonds. The Kier molecular flexibility index (Phi) is 4.98. The van der Waals surface area contributed by atoms with E-state index in [1.807, 2.05) is 13.0 Å². The van der Waals surface area contributed by atoms with E-state index in [1.165, 1.54) is 23.0 Å². The van der Waals surface area contributed by atoms with E-state index in [0.29, 0.717) is 22.2 Å². The molecule has 0 unspecified atom stereocenters. The molecule has 0 fully saturated rings. The minimum absolute atomic E-state index is 0.0427. The van der Waals surface area contributed by atoms with Gasteiger partial charge in [-0.15, -0.1) is 0 Å². The molecule has 2 aromatic carbocycles. The average molecular weight is 366 g/mol. The first-order valence-electron chi connectivity index (χ1n) is 8.36. The van der Waals surface area contributed by atoms with Gasteiger partial charge in [0.15, 0.2) is 0 Å². The maximum absolute atomic E-state index is 12.5. The number of nitro benzene ring substituents is 1. The summed E-state index contributed by atoms with van der Waals surface area (Å²) in [6.07, 6.45) is 1.48. The topological polar surface area (TPSA) is 107 Å². The molecule has 0 aliphatic heterocycles. The number of carbonyl (C=O) groups excluding carboxylic acids is 1. The number of carbonyl (C=O) groups is 1. The van der Waals surface area contributed by atoms with Crippen LogP contribution >= 0.6 is 0 Å². The third-order valence-electron chi connectivity index (χ3n) is 4.34. The molecule has 0 aliphatic rings. The first-order chi connectivity index (χ1) is 12.9. The highest BCUT2D eigenvalue weighted by Crippen LogP contribution is 2.22. The Hall–Kier alpha value is -3.55. The molecule has 3 aromatic rings. The number of amides is 1. The van der Waals surface area contributed by atoms with Gasteiger partial charge in [0.2, 0.25) is 5.91 Å². The Bertz CT molecular complexity index is 1100. The number of para-hydroxylation sites is 1. The largest absolute Gasteiger partial charge is 0.326 e. The number of nitrogens with zero attached hydrogens (tertiary/aromatic N) is 3. The fraction of sp³-hybridized carbons (Fsp3) is 0.211. The molecule has 27 heavy (non-hydrogen) atoms. The van der Waals surface area contributed by atoms with Gasteiger partial charge < -0.3 is 5.32 Å². The van der Waals surface area contributed by atoms with Gasteiger partial charge in [-0.25, -0.2) is 4.98 Å². The molecule has 138 valence electrons. The number of hydrogen-bond acceptors (Lipinski definition) is 5. The molecule has 3 rings (SSSR count). The first kappa shape index (κ1) is 18.2. The van der Waals surface area contributed by atoms with Crippen LogP contribution in [0.2, 0.25) is 0 Å². The monoisotopic (exact) mass is 366 g/mol. The van der Waals surface area contributed by atoms with Gasteiger partial charge in [0, 0.05) is 25.1 Å². The number of hydrogen-bond donors (Lipinski definition) is 1. The van der Waals surface area contributed by atoms with Crippen LogP contribution in [0.5, 0.6) is 0 Å². The fourth-order valence-electron chi connectivity index (χ4n) is 2.79. The van der Waals surface area contributed by atoms with Crippen molar-refractivity contribution >= 4 is 28.2 Å². The van der Waals surface area contributed by atoms with Crippen molar-refractivity contribution in [2.45, 2.75) is 26.8 Å². The Morgan fingerprint density at radius 1 is 1.22 bits per heavy atom. The molecule has 0 saturated carbocycles. The SMILES string of the molecule is Cc1ccc([N+](=O)[O-])cc1NC(=O)CCn1cnc2c(C)cccc2c1=O. The minimum atomic E-state index is -0.516. The molecule has 0 aliphatic carbocycles. The molecular formula is C19H18N4O4. The van der Waals surface area contributed by atoms with E-state index in [4.69, 9.17) is 0 Å². The predicted octanol–water partition coefficient (Wildman–Crippen LogP) is 2.95. The number of fused-ring (bicyclic) bond motifs is 1. The van der Waals surface area contributed by atoms with E-state index in [1.54, 1.807) is 25.1 Å². The first-order valence-corrected chi connectivity index (χ1v) is 8.36. The standard InChI is InChI=1S/C19H18N4O4/c1-12-6-7-14(23(26)27)10-16(12)21-17(24)8-9-22-11-20-18-13(2)4-3-5-15(18)19(22)25/h3-7,10-11H,8-9H2,1-2H3,(H,21,24). The van der Waals surface area contributed by atoms with E-state index in [2.05, 4.69) is 10.3 Å². The van der Waals surface area contributed by atoms with Crippen LogP contribution in [0.1, 0.15) is 17.5 Å². The van der Waals surface area contributed by atoms with Gasteiger partial charge in [-0.05, 0) is 31.0 Å². The van der Waals surface area contributed by atoms with Crippen molar-refractivity contribution < 1.29 is 9.72 Å². The molecular weight excluding hydrogens is 348 g/mol. The number of non-ortho nitro benzene ring substituents is 1. The van der Waals surface area contributed by atoms with Crippen LogP contribution in [-0.2, 0) is 11.3 Å². The molecule has 1 heterocycles. The van der Waals surface area contributed by atoms with Gasteiger partial charge in [0.05, 0.1) is 27.8 Å². The molecule has 8 nitrogen and oxygen atoms in total. The second-order valence-corrected chi connectivity index (χ2v) is 6.27. The van der Waals surface area contributed by atoms with E-state index < -0.39 is 4.92 Å². The minimum Gasteiger partial charge on any atom is -0.326 e. The second kappa shape index (κ2) is 7.36. The van der Waals surface area contributed by atoms with E-state index in [-0.39, 0.29) is 30.1 Å². The smallest absolute Gasteiger partial charge is 0.271 e. The summed E-state index contributed by atoms with van der Waals surface area (Å²) < 4.78 is 1.39. The molecule has 8 heteroatoms. The highest BCUT2D eigenvalue weighted by molar-refractivity contribution is 5.91. The zero-order valence-corrected chi connectivity index (χ0v) is 14.9. The van der Waals surface area contributed by atoms with E-state index >= 15 is 0 Å². The maximum atomic E-state index is 12.5. The Morgan fingerprint density at radius 2 is 2.00 bits per heavy atom. The summed E-state index contributed by atoms with van der Waals surface area (Å²) in [6.45, 7) is 3.79. The van der Waals surface area contributed by atoms with Gasteiger partial charge in [0.25, 0.3) is 11.2 Å². The van der Waals surface area contributed by atoms with Crippen molar-refractivity contribution in [1.29, 1.82) is 0 Å². The summed E-state index contributed by atoms with van der Waals surface area (Å²) in [6, 6.07) is 9.67. The van der Waals surface area contributed by atoms with Crippen molar-refractivity contribution in [2.24, 2.45) is 0 Å². The number of aryl methyl sites for hydroxylation is 3. The van der Waals surface area contributed by atoms with Crippen molar-refractivity contribution in [3.8, 4) is 0 Å². The van der Waals surface area contributed by atoms with E-state index in [9.17, 15) is 19.7 Å². The lowest BCUT2D eigenvalue weighted by Gasteiger charge is -2.10. The van der Waals surface area contributed by atoms with Crippen LogP contribution in [0.15, 0.2) is 47.5 Å². The summed E-state index contributed by atoms with van der Waals surface area (Å²) in [5.74, 6) is -0.338. The summed E-state index contributed by atoms with van der Waals surface area (Å²) in [5, 5.41) is 14.0. The highest BCUT2D eigenvalue weighted by atomic mass is 16.6. The molecule has 0 bridgehead atoms. The highest BCUT2D eigenvalue weighted by Gasteiger charge is 2.12. The number of anilines is 1. The van der Waals surface area contributed by atoms with Crippen molar-refractivity contribution in [1.82, 2.24) is 9.55 Å². The normalized spacial score (nSPS) is 10.7. The van der Waals surface area contributed by atoms with Gasteiger partial charge >= 0.3 is 0 Å². The van der Waals surface area contributed by atoms with Crippen LogP contribution in [-0.4, -0.2) is 20.4 Å². The van der Waals surface area contributed by atoms with Crippen LogP contribution in [0, 0.1) is 24.0 Å². The number of nitro groups is 1. The molecule has 0 spiro atoms. The maximum Gasteiger partial charge on any atom is 0.271 e. The van der Waals surface area contributed by atoms with Gasteiger partial charge in [-0.2, -0.15) is 0 Å². The third-order valence-corrected chi connectivity index (χ3v) is 4.34. The Balaban J connectivity index is 1.74. The molecule has 0 radical (unpaired) electrons. The zero-order chi connectivity index (χ0) is 19.6. The fourth-order valence-corrected chi connectivity index (χ4v) is 2.79. The Morgan fingerprint density at radius 3 is 2.74 bits per heavy atom. The lowest BCUT2D eigenvalue weighted by Crippen LogP contribution is -2.24. The van der Waals surface area contributed by atoms with Crippen LogP contribution in [0.3, 0.4) is 0 Å². The summed E-state index contributed by atoms with van der Waals surface area (Å²) in [7, 11) is 0. The predicted molar refractivity (Wildman–Crippen MR) is 102 cm³/mol. The second-order valence-electron chi connectivity index (χ2n) is 6.27. The molecule has 1 N–H and O–H groups in total. The van der Waals surface area contributed by atoms with Crippen molar-refractivity contribution in [3.63, 3.8) is 0 Å². The van der Waals surface area contributed by atoms with E-state index in [0.717, 1.165) is 5.56 Å². The Labute approximate surface area is 154 Å². The molecule has 0 saturated heterocycles. The number of aromatic nitrogens is 2. The van der Waals surface area contributed by atoms with Crippen LogP contribution in [0.4, 0.5) is 11.4 Å². The molecule has 1 aromatic heterocycles. The average Bonchev–Trinajstić information content (AvgIpc) is 2.63. The van der Waals surface area contributed by atoms with Crippen molar-refractivity contribution in [2.75, 3.05) is 5.32 Å². The summed E-state index contributed by atoms with van der Waals surface area (Å²) in [5.41, 5.74) is 2.36. The van der Waals surface area contributed by atoms with Gasteiger partial charge in [-0.1, -0.05) is 18.2 Å². The van der Waals surface area contributed by atoms with Gasteiger partial charge in [-0.3, -0.25) is 24.3 Å². The number of rotatable bonds is 5. The van der Waals surface area contributed by atoms with Gasteiger partial charge in [0.1, 0.15) is 0 Å². The third kappa shape index (κ3) is 3.84. The van der Waals surface area contributed by atoms with Crippen LogP contribution in [0.25, 0.3) is 10.9 Å². The summed E-state index contributed by atoms with van der Waals surface area (Å²) >= 11 is 0. The quantitative estimate of drug-likeness (QED) is 0.552. The lowest BCUT2D eigenvalue weighted by atomic mass is 10.1. The molecule has 0 atom stereocenters. The van der Waals surface area contributed by atoms with Crippen LogP contribution < -0.4 is 10.9 Å². The number of benzene rings is 2. The lowest BCUT2D eigenvalue weighted by molar-refractivity contribution is -0.384. The zero-order valence-electron chi connectivity index (χ0n) is 14.9. The number of nitrogens with one attached hydrogen (secondary N) is 1.